The molecule has 1 heterocycles. The average molecular weight is 328 g/mol. The van der Waals surface area contributed by atoms with Crippen molar-refractivity contribution in [3.05, 3.63) is 23.8 Å². The number of ether oxygens (including phenoxy) is 2. The third-order valence-corrected chi connectivity index (χ3v) is 4.85. The van der Waals surface area contributed by atoms with Gasteiger partial charge in [-0.3, -0.25) is 4.79 Å². The number of hydrogen-bond donors (Lipinski definition) is 1. The fourth-order valence-electron chi connectivity index (χ4n) is 2.17. The summed E-state index contributed by atoms with van der Waals surface area (Å²) in [6, 6.07) is 4.96. The largest absolute Gasteiger partial charge is 0.495 e. The Kier molecular flexibility index (Phi) is 5.38. The zero-order valence-electron chi connectivity index (χ0n) is 12.7. The van der Waals surface area contributed by atoms with E-state index in [1.54, 1.807) is 23.1 Å². The minimum Gasteiger partial charge on any atom is -0.495 e. The van der Waals surface area contributed by atoms with E-state index in [4.69, 9.17) is 9.47 Å². The van der Waals surface area contributed by atoms with Gasteiger partial charge in [0.05, 0.1) is 13.7 Å². The molecular weight excluding hydrogens is 308 g/mol. The van der Waals surface area contributed by atoms with Crippen LogP contribution < -0.4 is 9.46 Å². The fourth-order valence-corrected chi connectivity index (χ4v) is 3.45. The number of sulfonamides is 1. The molecule has 0 aromatic heterocycles. The van der Waals surface area contributed by atoms with Crippen molar-refractivity contribution in [3.8, 4) is 5.75 Å². The second-order valence-electron chi connectivity index (χ2n) is 4.99. The maximum atomic E-state index is 12.4. The molecule has 22 heavy (non-hydrogen) atoms. The number of methoxy groups -OCH3 is 1. The van der Waals surface area contributed by atoms with Crippen molar-refractivity contribution in [2.75, 3.05) is 40.0 Å². The molecule has 0 radical (unpaired) electrons. The lowest BCUT2D eigenvalue weighted by atomic mass is 10.2. The Morgan fingerprint density at radius 3 is 2.86 bits per heavy atom. The average Bonchev–Trinajstić information content (AvgIpc) is 2.49. The Morgan fingerprint density at radius 2 is 2.18 bits per heavy atom. The molecule has 122 valence electrons. The molecule has 2 rings (SSSR count). The van der Waals surface area contributed by atoms with Gasteiger partial charge in [-0.25, -0.2) is 13.1 Å². The van der Waals surface area contributed by atoms with E-state index in [9.17, 15) is 13.2 Å². The Labute approximate surface area is 130 Å². The summed E-state index contributed by atoms with van der Waals surface area (Å²) < 4.78 is 37.4. The van der Waals surface area contributed by atoms with Crippen molar-refractivity contribution in [1.29, 1.82) is 0 Å². The van der Waals surface area contributed by atoms with Crippen molar-refractivity contribution in [1.82, 2.24) is 9.62 Å². The van der Waals surface area contributed by atoms with Gasteiger partial charge in [0, 0.05) is 19.6 Å². The van der Waals surface area contributed by atoms with Crippen LogP contribution in [-0.4, -0.2) is 59.2 Å². The zero-order valence-corrected chi connectivity index (χ0v) is 13.5. The minimum absolute atomic E-state index is 0.0540. The summed E-state index contributed by atoms with van der Waals surface area (Å²) in [5.41, 5.74) is 0.824. The van der Waals surface area contributed by atoms with Gasteiger partial charge in [0.1, 0.15) is 17.3 Å². The van der Waals surface area contributed by atoms with E-state index in [2.05, 4.69) is 4.72 Å². The highest BCUT2D eigenvalue weighted by Gasteiger charge is 2.22. The Bertz CT molecular complexity index is 645. The molecule has 1 amide bonds. The first-order valence-electron chi connectivity index (χ1n) is 6.94. The number of nitrogens with zero attached hydrogens (tertiary/aromatic N) is 1. The molecule has 1 N–H and O–H groups in total. The molecule has 1 saturated heterocycles. The van der Waals surface area contributed by atoms with E-state index in [0.29, 0.717) is 25.4 Å². The first-order valence-corrected chi connectivity index (χ1v) is 8.42. The SMILES string of the molecule is COc1ccc(C)cc1S(=O)(=O)NCCN1CCOCC1=O. The molecule has 0 spiro atoms. The van der Waals surface area contributed by atoms with Crippen LogP contribution in [0.25, 0.3) is 0 Å². The number of morpholine rings is 1. The number of carbonyl (C=O) groups excluding carboxylic acids is 1. The van der Waals surface area contributed by atoms with Crippen LogP contribution in [0.15, 0.2) is 23.1 Å². The van der Waals surface area contributed by atoms with Gasteiger partial charge in [-0.15, -0.1) is 0 Å². The molecule has 1 aliphatic heterocycles. The quantitative estimate of drug-likeness (QED) is 0.803. The van der Waals surface area contributed by atoms with Crippen LogP contribution in [0.5, 0.6) is 5.75 Å². The number of nitrogens with one attached hydrogen (secondary N) is 1. The van der Waals surface area contributed by atoms with Gasteiger partial charge >= 0.3 is 0 Å². The molecule has 1 fully saturated rings. The molecule has 1 aromatic rings. The van der Waals surface area contributed by atoms with E-state index in [1.165, 1.54) is 7.11 Å². The fraction of sp³-hybridized carbons (Fsp3) is 0.500. The van der Waals surface area contributed by atoms with E-state index < -0.39 is 10.0 Å². The molecule has 0 unspecified atom stereocenters. The maximum absolute atomic E-state index is 12.4. The van der Waals surface area contributed by atoms with E-state index in [1.807, 2.05) is 6.92 Å². The van der Waals surface area contributed by atoms with Gasteiger partial charge in [0.15, 0.2) is 0 Å². The predicted molar refractivity (Wildman–Crippen MR) is 80.3 cm³/mol. The highest BCUT2D eigenvalue weighted by atomic mass is 32.2. The Morgan fingerprint density at radius 1 is 1.41 bits per heavy atom. The number of carbonyl (C=O) groups is 1. The summed E-state index contributed by atoms with van der Waals surface area (Å²) in [5.74, 6) is 0.166. The number of amides is 1. The van der Waals surface area contributed by atoms with Crippen LogP contribution in [0.1, 0.15) is 5.56 Å². The third kappa shape index (κ3) is 3.96. The van der Waals surface area contributed by atoms with Gasteiger partial charge in [-0.2, -0.15) is 0 Å². The monoisotopic (exact) mass is 328 g/mol. The second kappa shape index (κ2) is 7.08. The summed E-state index contributed by atoms with van der Waals surface area (Å²) >= 11 is 0. The van der Waals surface area contributed by atoms with Crippen LogP contribution in [0.4, 0.5) is 0 Å². The van der Waals surface area contributed by atoms with E-state index in [0.717, 1.165) is 5.56 Å². The highest BCUT2D eigenvalue weighted by molar-refractivity contribution is 7.89. The van der Waals surface area contributed by atoms with E-state index in [-0.39, 0.29) is 24.0 Å². The zero-order chi connectivity index (χ0) is 16.2. The summed E-state index contributed by atoms with van der Waals surface area (Å²) in [4.78, 5) is 13.3. The number of rotatable bonds is 6. The molecule has 1 aromatic carbocycles. The van der Waals surface area contributed by atoms with Gasteiger partial charge in [-0.1, -0.05) is 6.07 Å². The lowest BCUT2D eigenvalue weighted by Gasteiger charge is -2.26. The molecule has 0 atom stereocenters. The van der Waals surface area contributed by atoms with Crippen molar-refractivity contribution >= 4 is 15.9 Å². The highest BCUT2D eigenvalue weighted by Crippen LogP contribution is 2.24. The van der Waals surface area contributed by atoms with Gasteiger partial charge in [0.25, 0.3) is 0 Å². The van der Waals surface area contributed by atoms with Crippen LogP contribution in [0.3, 0.4) is 0 Å². The lowest BCUT2D eigenvalue weighted by Crippen LogP contribution is -2.45. The Hall–Kier alpha value is -1.64. The number of aryl methyl sites for hydroxylation is 1. The number of benzene rings is 1. The summed E-state index contributed by atoms with van der Waals surface area (Å²) in [6.07, 6.45) is 0. The van der Waals surface area contributed by atoms with E-state index >= 15 is 0 Å². The Balaban J connectivity index is 2.02. The first kappa shape index (κ1) is 16.7. The predicted octanol–water partition coefficient (Wildman–Crippen LogP) is 0.141. The van der Waals surface area contributed by atoms with Crippen molar-refractivity contribution in [2.24, 2.45) is 0 Å². The van der Waals surface area contributed by atoms with Crippen LogP contribution in [-0.2, 0) is 19.6 Å². The second-order valence-corrected chi connectivity index (χ2v) is 6.72. The molecule has 7 nitrogen and oxygen atoms in total. The van der Waals surface area contributed by atoms with Gasteiger partial charge < -0.3 is 14.4 Å². The number of hydrogen-bond acceptors (Lipinski definition) is 5. The van der Waals surface area contributed by atoms with Crippen molar-refractivity contribution < 1.29 is 22.7 Å². The molecule has 0 bridgehead atoms. The summed E-state index contributed by atoms with van der Waals surface area (Å²) in [5, 5.41) is 0. The summed E-state index contributed by atoms with van der Waals surface area (Å²) in [6.45, 7) is 3.28. The lowest BCUT2D eigenvalue weighted by molar-refractivity contribution is -0.142. The normalized spacial score (nSPS) is 15.9. The molecule has 1 aliphatic rings. The molecule has 8 heteroatoms. The van der Waals surface area contributed by atoms with Crippen molar-refractivity contribution in [3.63, 3.8) is 0 Å². The van der Waals surface area contributed by atoms with Crippen LogP contribution >= 0.6 is 0 Å². The first-order chi connectivity index (χ1) is 10.4. The third-order valence-electron chi connectivity index (χ3n) is 3.37. The molecular formula is C14H20N2O5S. The van der Waals surface area contributed by atoms with Crippen LogP contribution in [0, 0.1) is 6.92 Å². The molecule has 0 aliphatic carbocycles. The standard InChI is InChI=1S/C14H20N2O5S/c1-11-3-4-12(20-2)13(9-11)22(18,19)15-5-6-16-7-8-21-10-14(16)17/h3-4,9,15H,5-8,10H2,1-2H3. The smallest absolute Gasteiger partial charge is 0.248 e. The maximum Gasteiger partial charge on any atom is 0.248 e. The van der Waals surface area contributed by atoms with Gasteiger partial charge in [0.2, 0.25) is 15.9 Å². The molecule has 0 saturated carbocycles. The van der Waals surface area contributed by atoms with Gasteiger partial charge in [-0.05, 0) is 24.6 Å². The topological polar surface area (TPSA) is 84.9 Å². The van der Waals surface area contributed by atoms with Crippen molar-refractivity contribution in [2.45, 2.75) is 11.8 Å². The minimum atomic E-state index is -3.69. The van der Waals surface area contributed by atoms with Crippen LogP contribution in [0.2, 0.25) is 0 Å². The summed E-state index contributed by atoms with van der Waals surface area (Å²) in [7, 11) is -2.26.